The van der Waals surface area contributed by atoms with Crippen LogP contribution in [0, 0.1) is 0 Å². The molecule has 1 saturated heterocycles. The highest BCUT2D eigenvalue weighted by molar-refractivity contribution is 7.09. The van der Waals surface area contributed by atoms with E-state index in [1.54, 1.807) is 0 Å². The van der Waals surface area contributed by atoms with Crippen molar-refractivity contribution in [3.05, 3.63) is 22.4 Å². The molecule has 0 saturated carbocycles. The first-order valence-corrected chi connectivity index (χ1v) is 6.28. The molecule has 1 aromatic rings. The van der Waals surface area contributed by atoms with Crippen molar-refractivity contribution in [2.24, 2.45) is 0 Å². The average molecular weight is 205 g/mol. The summed E-state index contributed by atoms with van der Waals surface area (Å²) in [5, 5.41) is 2.15. The van der Waals surface area contributed by atoms with Crippen molar-refractivity contribution in [3.8, 4) is 0 Å². The van der Waals surface area contributed by atoms with Crippen molar-refractivity contribution in [2.45, 2.75) is 38.1 Å². The lowest BCUT2D eigenvalue weighted by molar-refractivity contribution is 0.389. The minimum atomic E-state index is 0.648. The third kappa shape index (κ3) is 2.61. The van der Waals surface area contributed by atoms with Crippen molar-refractivity contribution in [1.29, 1.82) is 0 Å². The summed E-state index contributed by atoms with van der Waals surface area (Å²) in [5.41, 5.74) is 0. The highest BCUT2D eigenvalue weighted by Gasteiger charge is 2.19. The van der Waals surface area contributed by atoms with Gasteiger partial charge in [0.1, 0.15) is 0 Å². The second-order valence-electron chi connectivity index (χ2n) is 4.01. The van der Waals surface area contributed by atoms with Crippen LogP contribution in [-0.4, -0.2) is 25.4 Å². The SMILES string of the molecule is [B]N1CCCC1CCCc1cccs1. The third-order valence-corrected chi connectivity index (χ3v) is 3.90. The summed E-state index contributed by atoms with van der Waals surface area (Å²) in [4.78, 5) is 3.53. The van der Waals surface area contributed by atoms with E-state index in [4.69, 9.17) is 7.98 Å². The van der Waals surface area contributed by atoms with Gasteiger partial charge in [0.05, 0.1) is 0 Å². The van der Waals surface area contributed by atoms with Crippen LogP contribution in [0.25, 0.3) is 0 Å². The fourth-order valence-electron chi connectivity index (χ4n) is 2.13. The van der Waals surface area contributed by atoms with Gasteiger partial charge in [0.25, 0.3) is 0 Å². The molecular weight excluding hydrogens is 189 g/mol. The first-order valence-electron chi connectivity index (χ1n) is 5.40. The molecule has 2 radical (unpaired) electrons. The number of aryl methyl sites for hydroxylation is 1. The topological polar surface area (TPSA) is 3.24 Å². The molecule has 74 valence electrons. The normalized spacial score (nSPS) is 23.0. The molecule has 0 aliphatic carbocycles. The average Bonchev–Trinajstić information content (AvgIpc) is 2.78. The molecule has 3 heteroatoms. The Hall–Kier alpha value is -0.275. The summed E-state index contributed by atoms with van der Waals surface area (Å²) in [6.45, 7) is 1.09. The van der Waals surface area contributed by atoms with Crippen LogP contribution in [0.1, 0.15) is 30.6 Å². The maximum absolute atomic E-state index is 5.87. The Kier molecular flexibility index (Phi) is 3.65. The van der Waals surface area contributed by atoms with Crippen LogP contribution in [0.2, 0.25) is 0 Å². The molecule has 0 spiro atoms. The van der Waals surface area contributed by atoms with Gasteiger partial charge < -0.3 is 4.81 Å². The first kappa shape index (κ1) is 10.2. The summed E-state index contributed by atoms with van der Waals surface area (Å²) in [7, 11) is 5.87. The number of thiophene rings is 1. The molecule has 1 atom stereocenters. The zero-order valence-corrected chi connectivity index (χ0v) is 9.30. The molecular formula is C11H16BNS. The lowest BCUT2D eigenvalue weighted by atomic mass is 10.1. The third-order valence-electron chi connectivity index (χ3n) is 2.96. The zero-order chi connectivity index (χ0) is 9.80. The van der Waals surface area contributed by atoms with E-state index in [0.29, 0.717) is 6.04 Å². The molecule has 1 fully saturated rings. The maximum atomic E-state index is 5.87. The predicted octanol–water partition coefficient (Wildman–Crippen LogP) is 2.62. The number of nitrogens with zero attached hydrogens (tertiary/aromatic N) is 1. The van der Waals surface area contributed by atoms with Crippen LogP contribution in [0.4, 0.5) is 0 Å². The van der Waals surface area contributed by atoms with Crippen LogP contribution < -0.4 is 0 Å². The largest absolute Gasteiger partial charge is 0.351 e. The second kappa shape index (κ2) is 4.99. The molecule has 2 heterocycles. The monoisotopic (exact) mass is 205 g/mol. The zero-order valence-electron chi connectivity index (χ0n) is 8.48. The van der Waals surface area contributed by atoms with Crippen molar-refractivity contribution in [2.75, 3.05) is 6.54 Å². The van der Waals surface area contributed by atoms with Crippen LogP contribution in [0.15, 0.2) is 17.5 Å². The molecule has 1 unspecified atom stereocenters. The van der Waals surface area contributed by atoms with Gasteiger partial charge in [-0.3, -0.25) is 0 Å². The standard InChI is InChI=1S/C11H16BNS/c12-13-8-2-5-10(13)4-1-6-11-7-3-9-14-11/h3,7,9-10H,1-2,4-6,8H2. The predicted molar refractivity (Wildman–Crippen MR) is 62.7 cm³/mol. The Morgan fingerprint density at radius 1 is 1.57 bits per heavy atom. The second-order valence-corrected chi connectivity index (χ2v) is 5.04. The van der Waals surface area contributed by atoms with Crippen molar-refractivity contribution in [1.82, 2.24) is 4.81 Å². The summed E-state index contributed by atoms with van der Waals surface area (Å²) in [6, 6.07) is 5.00. The van der Waals surface area contributed by atoms with E-state index in [0.717, 1.165) is 6.54 Å². The molecule has 0 aromatic carbocycles. The van der Waals surface area contributed by atoms with E-state index in [9.17, 15) is 0 Å². The molecule has 0 bridgehead atoms. The van der Waals surface area contributed by atoms with Crippen LogP contribution in [0.3, 0.4) is 0 Å². The summed E-state index contributed by atoms with van der Waals surface area (Å²) in [6.07, 6.45) is 6.33. The summed E-state index contributed by atoms with van der Waals surface area (Å²) < 4.78 is 0. The van der Waals surface area contributed by atoms with Crippen molar-refractivity contribution < 1.29 is 0 Å². The van der Waals surface area contributed by atoms with Gasteiger partial charge in [0, 0.05) is 4.88 Å². The van der Waals surface area contributed by atoms with Gasteiger partial charge in [0.2, 0.25) is 0 Å². The number of rotatable bonds is 4. The smallest absolute Gasteiger partial charge is 0.182 e. The molecule has 14 heavy (non-hydrogen) atoms. The maximum Gasteiger partial charge on any atom is 0.182 e. The number of hydrogen-bond donors (Lipinski definition) is 0. The number of hydrogen-bond acceptors (Lipinski definition) is 2. The van der Waals surface area contributed by atoms with Gasteiger partial charge >= 0.3 is 0 Å². The lowest BCUT2D eigenvalue weighted by Gasteiger charge is -2.19. The lowest BCUT2D eigenvalue weighted by Crippen LogP contribution is -2.26. The molecule has 1 aliphatic heterocycles. The van der Waals surface area contributed by atoms with Crippen molar-refractivity contribution in [3.63, 3.8) is 0 Å². The van der Waals surface area contributed by atoms with E-state index in [1.807, 2.05) is 16.1 Å². The van der Waals surface area contributed by atoms with Crippen LogP contribution in [-0.2, 0) is 6.42 Å². The van der Waals surface area contributed by atoms with E-state index in [-0.39, 0.29) is 0 Å². The van der Waals surface area contributed by atoms with Gasteiger partial charge in [-0.15, -0.1) is 11.3 Å². The van der Waals surface area contributed by atoms with E-state index < -0.39 is 0 Å². The highest BCUT2D eigenvalue weighted by atomic mass is 32.1. The molecule has 0 amide bonds. The van der Waals surface area contributed by atoms with Gasteiger partial charge in [-0.2, -0.15) is 0 Å². The Morgan fingerprint density at radius 3 is 3.14 bits per heavy atom. The molecule has 1 aliphatic rings. The molecule has 1 aromatic heterocycles. The quantitative estimate of drug-likeness (QED) is 0.683. The summed E-state index contributed by atoms with van der Waals surface area (Å²) in [5.74, 6) is 0. The first-order chi connectivity index (χ1) is 6.86. The van der Waals surface area contributed by atoms with E-state index >= 15 is 0 Å². The molecule has 2 rings (SSSR count). The Labute approximate surface area is 91.6 Å². The minimum Gasteiger partial charge on any atom is -0.351 e. The van der Waals surface area contributed by atoms with Gasteiger partial charge in [-0.25, -0.2) is 0 Å². The fraction of sp³-hybridized carbons (Fsp3) is 0.636. The molecule has 0 N–H and O–H groups in total. The van der Waals surface area contributed by atoms with Crippen molar-refractivity contribution >= 4 is 19.3 Å². The highest BCUT2D eigenvalue weighted by Crippen LogP contribution is 2.20. The van der Waals surface area contributed by atoms with Gasteiger partial charge in [-0.1, -0.05) is 6.07 Å². The summed E-state index contributed by atoms with van der Waals surface area (Å²) >= 11 is 1.86. The fourth-order valence-corrected chi connectivity index (χ4v) is 2.89. The van der Waals surface area contributed by atoms with Gasteiger partial charge in [0.15, 0.2) is 7.98 Å². The van der Waals surface area contributed by atoms with Crippen LogP contribution >= 0.6 is 11.3 Å². The van der Waals surface area contributed by atoms with E-state index in [1.165, 1.54) is 37.0 Å². The molecule has 1 nitrogen and oxygen atoms in total. The Bertz CT molecular complexity index is 260. The Balaban J connectivity index is 1.68. The van der Waals surface area contributed by atoms with Crippen LogP contribution in [0.5, 0.6) is 0 Å². The van der Waals surface area contributed by atoms with E-state index in [2.05, 4.69) is 17.5 Å². The minimum absolute atomic E-state index is 0.648. The van der Waals surface area contributed by atoms with Gasteiger partial charge in [-0.05, 0) is 56.1 Å². The Morgan fingerprint density at radius 2 is 2.50 bits per heavy atom.